The fourth-order valence-electron chi connectivity index (χ4n) is 4.02. The molecule has 1 aliphatic rings. The van der Waals surface area contributed by atoms with Gasteiger partial charge in [-0.3, -0.25) is 14.6 Å². The molecule has 9 nitrogen and oxygen atoms in total. The fraction of sp³-hybridized carbons (Fsp3) is 0.304. The van der Waals surface area contributed by atoms with Crippen molar-refractivity contribution < 1.29 is 18.3 Å². The van der Waals surface area contributed by atoms with E-state index in [1.54, 1.807) is 17.9 Å². The van der Waals surface area contributed by atoms with E-state index in [1.807, 2.05) is 7.05 Å². The number of aryl methyl sites for hydroxylation is 1. The normalized spacial score (nSPS) is 15.1. The van der Waals surface area contributed by atoms with Gasteiger partial charge >= 0.3 is 0 Å². The van der Waals surface area contributed by atoms with Crippen LogP contribution in [0.15, 0.2) is 36.8 Å². The summed E-state index contributed by atoms with van der Waals surface area (Å²) in [6.45, 7) is 1.76. The van der Waals surface area contributed by atoms with Gasteiger partial charge in [0, 0.05) is 55.0 Å². The number of likely N-dealkylation sites (tertiary alicyclic amines) is 1. The maximum absolute atomic E-state index is 14.6. The molecule has 0 spiro atoms. The summed E-state index contributed by atoms with van der Waals surface area (Å²) in [6, 6.07) is 3.97. The number of carbonyl (C=O) groups is 1. The second-order valence-corrected chi connectivity index (χ2v) is 8.44. The number of hydrogen-bond donors (Lipinski definition) is 2. The summed E-state index contributed by atoms with van der Waals surface area (Å²) in [6.07, 6.45) is 6.04. The van der Waals surface area contributed by atoms with Crippen molar-refractivity contribution >= 4 is 22.5 Å². The zero-order valence-electron chi connectivity index (χ0n) is 18.7. The molecule has 0 saturated carbocycles. The molecule has 5 rings (SSSR count). The van der Waals surface area contributed by atoms with Crippen LogP contribution in [0.5, 0.6) is 5.88 Å². The summed E-state index contributed by atoms with van der Waals surface area (Å²) >= 11 is 0. The number of nitrogens with zero attached hydrogens (tertiary/aromatic N) is 5. The van der Waals surface area contributed by atoms with Crippen LogP contribution in [0.25, 0.3) is 22.0 Å². The lowest BCUT2D eigenvalue weighted by Gasteiger charge is -2.28. The molecule has 0 radical (unpaired) electrons. The minimum atomic E-state index is -0.662. The number of carbonyl (C=O) groups excluding carboxylic acids is 1. The van der Waals surface area contributed by atoms with Gasteiger partial charge in [0.1, 0.15) is 11.9 Å². The molecule has 0 bridgehead atoms. The standard InChI is InChI=1S/C23H23F2N7O2/c1-31-5-3-15(4-6-31)34-23-19(25)7-14(11-26-23)28-22(33)21-17-8-16(13-10-27-32(2)12-13)18(24)9-20(17)29-30-21/h7-12,15H,3-6H2,1-2H3,(H,28,33)(H,29,30). The number of fused-ring (bicyclic) bond motifs is 1. The zero-order valence-corrected chi connectivity index (χ0v) is 18.7. The average molecular weight is 467 g/mol. The van der Waals surface area contributed by atoms with Crippen LogP contribution in [0.1, 0.15) is 23.3 Å². The molecule has 0 aliphatic carbocycles. The van der Waals surface area contributed by atoms with E-state index in [9.17, 15) is 13.6 Å². The molecule has 1 aromatic carbocycles. The number of rotatable bonds is 5. The van der Waals surface area contributed by atoms with E-state index >= 15 is 0 Å². The first kappa shape index (κ1) is 22.0. The molecule has 2 N–H and O–H groups in total. The van der Waals surface area contributed by atoms with Gasteiger partial charge in [-0.15, -0.1) is 0 Å². The molecular formula is C23H23F2N7O2. The first-order valence-electron chi connectivity index (χ1n) is 10.9. The highest BCUT2D eigenvalue weighted by atomic mass is 19.1. The van der Waals surface area contributed by atoms with Crippen molar-refractivity contribution in [1.82, 2.24) is 29.9 Å². The van der Waals surface area contributed by atoms with Crippen LogP contribution in [0.3, 0.4) is 0 Å². The van der Waals surface area contributed by atoms with Crippen molar-refractivity contribution in [1.29, 1.82) is 0 Å². The third-order valence-corrected chi connectivity index (χ3v) is 5.89. The average Bonchev–Trinajstić information content (AvgIpc) is 3.42. The summed E-state index contributed by atoms with van der Waals surface area (Å²) in [7, 11) is 3.76. The maximum atomic E-state index is 14.6. The van der Waals surface area contributed by atoms with Crippen molar-refractivity contribution in [3.8, 4) is 17.0 Å². The molecular weight excluding hydrogens is 444 g/mol. The number of halogens is 2. The fourth-order valence-corrected chi connectivity index (χ4v) is 4.02. The monoisotopic (exact) mass is 467 g/mol. The van der Waals surface area contributed by atoms with Crippen LogP contribution < -0.4 is 10.1 Å². The van der Waals surface area contributed by atoms with Gasteiger partial charge in [-0.2, -0.15) is 10.2 Å². The number of amides is 1. The number of benzene rings is 1. The van der Waals surface area contributed by atoms with Gasteiger partial charge in [-0.1, -0.05) is 0 Å². The highest BCUT2D eigenvalue weighted by Gasteiger charge is 2.22. The highest BCUT2D eigenvalue weighted by Crippen LogP contribution is 2.29. The van der Waals surface area contributed by atoms with E-state index < -0.39 is 17.5 Å². The zero-order chi connectivity index (χ0) is 23.8. The topological polar surface area (TPSA) is 101 Å². The van der Waals surface area contributed by atoms with Gasteiger partial charge in [0.25, 0.3) is 11.8 Å². The quantitative estimate of drug-likeness (QED) is 0.467. The van der Waals surface area contributed by atoms with Gasteiger partial charge in [0.05, 0.1) is 23.6 Å². The van der Waals surface area contributed by atoms with Crippen molar-refractivity contribution in [2.45, 2.75) is 18.9 Å². The summed E-state index contributed by atoms with van der Waals surface area (Å²) in [4.78, 5) is 19.1. The Morgan fingerprint density at radius 2 is 1.94 bits per heavy atom. The Hall–Kier alpha value is -3.86. The molecule has 1 amide bonds. The Kier molecular flexibility index (Phi) is 5.70. The molecule has 0 atom stereocenters. The molecule has 1 saturated heterocycles. The lowest BCUT2D eigenvalue weighted by molar-refractivity contribution is 0.102. The largest absolute Gasteiger partial charge is 0.472 e. The Morgan fingerprint density at radius 1 is 1.15 bits per heavy atom. The molecule has 0 unspecified atom stereocenters. The first-order valence-corrected chi connectivity index (χ1v) is 10.9. The number of ether oxygens (including phenoxy) is 1. The van der Waals surface area contributed by atoms with Gasteiger partial charge in [0.15, 0.2) is 11.5 Å². The SMILES string of the molecule is CN1CCC(Oc2ncc(NC(=O)c3n[nH]c4cc(F)c(-c5cnn(C)c5)cc34)cc2F)CC1. The summed E-state index contributed by atoms with van der Waals surface area (Å²) < 4.78 is 36.5. The molecule has 34 heavy (non-hydrogen) atoms. The Balaban J connectivity index is 1.35. The van der Waals surface area contributed by atoms with E-state index in [2.05, 4.69) is 30.5 Å². The van der Waals surface area contributed by atoms with E-state index in [4.69, 9.17) is 4.74 Å². The predicted molar refractivity (Wildman–Crippen MR) is 122 cm³/mol. The van der Waals surface area contributed by atoms with Gasteiger partial charge in [0.2, 0.25) is 0 Å². The number of aromatic amines is 1. The third kappa shape index (κ3) is 4.34. The smallest absolute Gasteiger partial charge is 0.276 e. The summed E-state index contributed by atoms with van der Waals surface area (Å²) in [5.74, 6) is -1.80. The van der Waals surface area contributed by atoms with Gasteiger partial charge in [-0.05, 0) is 26.0 Å². The Bertz CT molecular complexity index is 1360. The van der Waals surface area contributed by atoms with Crippen molar-refractivity contribution in [2.75, 3.05) is 25.5 Å². The molecule has 3 aromatic heterocycles. The highest BCUT2D eigenvalue weighted by molar-refractivity contribution is 6.11. The number of piperidine rings is 1. The minimum absolute atomic E-state index is 0.0483. The van der Waals surface area contributed by atoms with Crippen LogP contribution in [0.2, 0.25) is 0 Å². The first-order chi connectivity index (χ1) is 16.4. The molecule has 176 valence electrons. The van der Waals surface area contributed by atoms with Crippen LogP contribution >= 0.6 is 0 Å². The van der Waals surface area contributed by atoms with E-state index in [0.717, 1.165) is 32.0 Å². The predicted octanol–water partition coefficient (Wildman–Crippen LogP) is 3.36. The lowest BCUT2D eigenvalue weighted by atomic mass is 10.1. The molecule has 1 aliphatic heterocycles. The van der Waals surface area contributed by atoms with Crippen LogP contribution in [-0.2, 0) is 7.05 Å². The summed E-state index contributed by atoms with van der Waals surface area (Å²) in [5.41, 5.74) is 1.43. The second-order valence-electron chi connectivity index (χ2n) is 8.44. The number of nitrogens with one attached hydrogen (secondary N) is 2. The van der Waals surface area contributed by atoms with E-state index in [0.29, 0.717) is 22.0 Å². The van der Waals surface area contributed by atoms with Crippen molar-refractivity contribution in [3.05, 3.63) is 54.1 Å². The third-order valence-electron chi connectivity index (χ3n) is 5.89. The lowest BCUT2D eigenvalue weighted by Crippen LogP contribution is -2.35. The number of anilines is 1. The Morgan fingerprint density at radius 3 is 2.65 bits per heavy atom. The molecule has 4 heterocycles. The minimum Gasteiger partial charge on any atom is -0.472 e. The van der Waals surface area contributed by atoms with Gasteiger partial charge in [-0.25, -0.2) is 13.8 Å². The number of hydrogen-bond acceptors (Lipinski definition) is 6. The van der Waals surface area contributed by atoms with Crippen LogP contribution in [0.4, 0.5) is 14.5 Å². The second kappa shape index (κ2) is 8.82. The Labute approximate surface area is 193 Å². The van der Waals surface area contributed by atoms with Crippen LogP contribution in [0, 0.1) is 11.6 Å². The number of pyridine rings is 1. The van der Waals surface area contributed by atoms with Crippen molar-refractivity contribution in [3.63, 3.8) is 0 Å². The molecule has 1 fully saturated rings. The maximum Gasteiger partial charge on any atom is 0.276 e. The van der Waals surface area contributed by atoms with Crippen LogP contribution in [-0.4, -0.2) is 62.0 Å². The number of H-pyrrole nitrogens is 1. The van der Waals surface area contributed by atoms with E-state index in [-0.39, 0.29) is 23.4 Å². The summed E-state index contributed by atoms with van der Waals surface area (Å²) in [5, 5.41) is 13.8. The molecule has 4 aromatic rings. The van der Waals surface area contributed by atoms with Gasteiger partial charge < -0.3 is 15.0 Å². The van der Waals surface area contributed by atoms with Crippen molar-refractivity contribution in [2.24, 2.45) is 7.05 Å². The van der Waals surface area contributed by atoms with E-state index in [1.165, 1.54) is 24.5 Å². The number of aromatic nitrogens is 5. The molecule has 11 heteroatoms.